The number of carbonyl (C=O) groups is 1. The standard InChI is InChI=1S/C12H16ClN3O/c1-14-12(17)9-3-2-6-16(8-9)10-4-5-15-11(13)7-10/h4-5,7,9H,2-3,6,8H2,1H3,(H,14,17)/t9-/m0/s1. The second-order valence-corrected chi connectivity index (χ2v) is 4.62. The minimum absolute atomic E-state index is 0.0701. The fourth-order valence-electron chi connectivity index (χ4n) is 2.22. The second-order valence-electron chi connectivity index (χ2n) is 4.24. The highest BCUT2D eigenvalue weighted by Gasteiger charge is 2.25. The number of pyridine rings is 1. The van der Waals surface area contributed by atoms with Crippen LogP contribution >= 0.6 is 11.6 Å². The third-order valence-electron chi connectivity index (χ3n) is 3.11. The molecule has 17 heavy (non-hydrogen) atoms. The zero-order valence-corrected chi connectivity index (χ0v) is 10.6. The van der Waals surface area contributed by atoms with Crippen molar-refractivity contribution >= 4 is 23.2 Å². The van der Waals surface area contributed by atoms with Gasteiger partial charge in [0.2, 0.25) is 5.91 Å². The molecule has 5 heteroatoms. The summed E-state index contributed by atoms with van der Waals surface area (Å²) in [6, 6.07) is 3.77. The van der Waals surface area contributed by atoms with Gasteiger partial charge in [-0.15, -0.1) is 0 Å². The molecule has 1 aromatic heterocycles. The lowest BCUT2D eigenvalue weighted by atomic mass is 9.97. The number of nitrogens with one attached hydrogen (secondary N) is 1. The Labute approximate surface area is 106 Å². The number of rotatable bonds is 2. The average molecular weight is 254 g/mol. The van der Waals surface area contributed by atoms with E-state index in [0.29, 0.717) is 5.15 Å². The highest BCUT2D eigenvalue weighted by atomic mass is 35.5. The van der Waals surface area contributed by atoms with Crippen LogP contribution in [0.4, 0.5) is 5.69 Å². The van der Waals surface area contributed by atoms with Crippen molar-refractivity contribution in [2.45, 2.75) is 12.8 Å². The number of aromatic nitrogens is 1. The van der Waals surface area contributed by atoms with Gasteiger partial charge in [-0.25, -0.2) is 4.98 Å². The van der Waals surface area contributed by atoms with Gasteiger partial charge in [0.15, 0.2) is 0 Å². The van der Waals surface area contributed by atoms with Gasteiger partial charge in [-0.2, -0.15) is 0 Å². The molecule has 1 atom stereocenters. The molecule has 0 saturated carbocycles. The monoisotopic (exact) mass is 253 g/mol. The molecular weight excluding hydrogens is 238 g/mol. The summed E-state index contributed by atoms with van der Waals surface area (Å²) in [5.41, 5.74) is 1.04. The van der Waals surface area contributed by atoms with Crippen LogP contribution in [0.5, 0.6) is 0 Å². The summed E-state index contributed by atoms with van der Waals surface area (Å²) in [4.78, 5) is 17.8. The Balaban J connectivity index is 2.09. The molecule has 0 radical (unpaired) electrons. The summed E-state index contributed by atoms with van der Waals surface area (Å²) < 4.78 is 0. The molecule has 0 spiro atoms. The summed E-state index contributed by atoms with van der Waals surface area (Å²) in [5.74, 6) is 0.190. The van der Waals surface area contributed by atoms with Gasteiger partial charge in [-0.05, 0) is 25.0 Å². The van der Waals surface area contributed by atoms with E-state index >= 15 is 0 Å². The molecule has 1 aromatic rings. The minimum atomic E-state index is 0.0701. The maximum Gasteiger partial charge on any atom is 0.224 e. The number of hydrogen-bond donors (Lipinski definition) is 1. The van der Waals surface area contributed by atoms with Crippen molar-refractivity contribution in [1.29, 1.82) is 0 Å². The van der Waals surface area contributed by atoms with Crippen molar-refractivity contribution in [2.24, 2.45) is 5.92 Å². The molecular formula is C12H16ClN3O. The Kier molecular flexibility index (Phi) is 3.84. The Bertz CT molecular complexity index is 410. The Morgan fingerprint density at radius 3 is 3.18 bits per heavy atom. The van der Waals surface area contributed by atoms with Crippen LogP contribution in [-0.2, 0) is 4.79 Å². The summed E-state index contributed by atoms with van der Waals surface area (Å²) in [6.07, 6.45) is 3.67. The molecule has 4 nitrogen and oxygen atoms in total. The first-order chi connectivity index (χ1) is 8.20. The lowest BCUT2D eigenvalue weighted by Gasteiger charge is -2.33. The molecule has 1 aliphatic rings. The molecule has 1 fully saturated rings. The molecule has 1 aliphatic heterocycles. The number of amides is 1. The number of hydrogen-bond acceptors (Lipinski definition) is 3. The van der Waals surface area contributed by atoms with E-state index in [-0.39, 0.29) is 11.8 Å². The zero-order valence-electron chi connectivity index (χ0n) is 9.82. The van der Waals surface area contributed by atoms with E-state index in [9.17, 15) is 4.79 Å². The van der Waals surface area contributed by atoms with Crippen LogP contribution in [0.3, 0.4) is 0 Å². The summed E-state index contributed by atoms with van der Waals surface area (Å²) in [6.45, 7) is 1.72. The number of anilines is 1. The molecule has 2 rings (SSSR count). The first-order valence-corrected chi connectivity index (χ1v) is 6.16. The smallest absolute Gasteiger partial charge is 0.224 e. The highest BCUT2D eigenvalue weighted by Crippen LogP contribution is 2.24. The van der Waals surface area contributed by atoms with E-state index in [1.807, 2.05) is 12.1 Å². The Morgan fingerprint density at radius 2 is 2.47 bits per heavy atom. The van der Waals surface area contributed by atoms with Crippen molar-refractivity contribution in [3.8, 4) is 0 Å². The SMILES string of the molecule is CNC(=O)[C@H]1CCCN(c2ccnc(Cl)c2)C1. The number of carbonyl (C=O) groups excluding carboxylic acids is 1. The molecule has 1 amide bonds. The third-order valence-corrected chi connectivity index (χ3v) is 3.32. The van der Waals surface area contributed by atoms with Crippen molar-refractivity contribution < 1.29 is 4.79 Å². The van der Waals surface area contributed by atoms with Gasteiger partial charge in [-0.3, -0.25) is 4.79 Å². The zero-order chi connectivity index (χ0) is 12.3. The topological polar surface area (TPSA) is 45.2 Å². The van der Waals surface area contributed by atoms with Crippen LogP contribution in [0.15, 0.2) is 18.3 Å². The van der Waals surface area contributed by atoms with E-state index in [1.54, 1.807) is 13.2 Å². The first kappa shape index (κ1) is 12.2. The summed E-state index contributed by atoms with van der Waals surface area (Å²) >= 11 is 5.87. The molecule has 0 aromatic carbocycles. The van der Waals surface area contributed by atoms with Gasteiger partial charge < -0.3 is 10.2 Å². The first-order valence-electron chi connectivity index (χ1n) is 5.79. The summed E-state index contributed by atoms with van der Waals surface area (Å²) in [5, 5.41) is 3.20. The quantitative estimate of drug-likeness (QED) is 0.816. The predicted octanol–water partition coefficient (Wildman–Crippen LogP) is 1.70. The van der Waals surface area contributed by atoms with Gasteiger partial charge in [0.1, 0.15) is 5.15 Å². The molecule has 0 aliphatic carbocycles. The number of piperidine rings is 1. The van der Waals surface area contributed by atoms with E-state index in [2.05, 4.69) is 15.2 Å². The lowest BCUT2D eigenvalue weighted by Crippen LogP contribution is -2.42. The maximum atomic E-state index is 11.6. The van der Waals surface area contributed by atoms with Crippen LogP contribution in [0.25, 0.3) is 0 Å². The second kappa shape index (κ2) is 5.36. The molecule has 92 valence electrons. The van der Waals surface area contributed by atoms with E-state index in [1.165, 1.54) is 0 Å². The maximum absolute atomic E-state index is 11.6. The van der Waals surface area contributed by atoms with Gasteiger partial charge in [-0.1, -0.05) is 11.6 Å². The summed E-state index contributed by atoms with van der Waals surface area (Å²) in [7, 11) is 1.69. The number of halogens is 1. The fraction of sp³-hybridized carbons (Fsp3) is 0.500. The van der Waals surface area contributed by atoms with Crippen LogP contribution < -0.4 is 10.2 Å². The van der Waals surface area contributed by atoms with E-state index in [4.69, 9.17) is 11.6 Å². The fourth-order valence-corrected chi connectivity index (χ4v) is 2.39. The van der Waals surface area contributed by atoms with Crippen molar-refractivity contribution in [1.82, 2.24) is 10.3 Å². The Hall–Kier alpha value is -1.29. The number of nitrogens with zero attached hydrogens (tertiary/aromatic N) is 2. The highest BCUT2D eigenvalue weighted by molar-refractivity contribution is 6.29. The average Bonchev–Trinajstić information content (AvgIpc) is 2.38. The Morgan fingerprint density at radius 1 is 1.65 bits per heavy atom. The van der Waals surface area contributed by atoms with Gasteiger partial charge in [0.05, 0.1) is 5.92 Å². The van der Waals surface area contributed by atoms with Crippen LogP contribution in [0.2, 0.25) is 5.15 Å². The van der Waals surface area contributed by atoms with Crippen LogP contribution in [0.1, 0.15) is 12.8 Å². The molecule has 1 N–H and O–H groups in total. The van der Waals surface area contributed by atoms with Gasteiger partial charge in [0.25, 0.3) is 0 Å². The largest absolute Gasteiger partial charge is 0.371 e. The van der Waals surface area contributed by atoms with Crippen molar-refractivity contribution in [3.05, 3.63) is 23.5 Å². The lowest BCUT2D eigenvalue weighted by molar-refractivity contribution is -0.124. The molecule has 0 unspecified atom stereocenters. The third kappa shape index (κ3) is 2.88. The van der Waals surface area contributed by atoms with Crippen LogP contribution in [0, 0.1) is 5.92 Å². The van der Waals surface area contributed by atoms with Crippen molar-refractivity contribution in [2.75, 3.05) is 25.0 Å². The predicted molar refractivity (Wildman–Crippen MR) is 68.3 cm³/mol. The van der Waals surface area contributed by atoms with E-state index < -0.39 is 0 Å². The van der Waals surface area contributed by atoms with Gasteiger partial charge in [0, 0.05) is 32.0 Å². The van der Waals surface area contributed by atoms with Crippen LogP contribution in [-0.4, -0.2) is 31.0 Å². The van der Waals surface area contributed by atoms with E-state index in [0.717, 1.165) is 31.6 Å². The molecule has 2 heterocycles. The normalized spacial score (nSPS) is 20.1. The molecule has 1 saturated heterocycles. The van der Waals surface area contributed by atoms with Gasteiger partial charge >= 0.3 is 0 Å². The van der Waals surface area contributed by atoms with Crippen molar-refractivity contribution in [3.63, 3.8) is 0 Å². The molecule has 0 bridgehead atoms. The minimum Gasteiger partial charge on any atom is -0.371 e.